The third-order valence-electron chi connectivity index (χ3n) is 3.89. The van der Waals surface area contributed by atoms with Crippen molar-refractivity contribution in [2.45, 2.75) is 38.3 Å². The smallest absolute Gasteiger partial charge is 0.224 e. The number of carbonyl (C=O) groups is 1. The number of amides is 1. The molecule has 2 aliphatic rings. The average Bonchev–Trinajstić information content (AvgIpc) is 2.76. The number of aryl methyl sites for hydroxylation is 1. The minimum atomic E-state index is 0.0606. The van der Waals surface area contributed by atoms with Crippen molar-refractivity contribution in [1.29, 1.82) is 0 Å². The highest BCUT2D eigenvalue weighted by Crippen LogP contribution is 2.32. The van der Waals surface area contributed by atoms with Crippen LogP contribution in [0.1, 0.15) is 25.3 Å². The molecule has 1 fully saturated rings. The molecule has 2 atom stereocenters. The zero-order valence-electron chi connectivity index (χ0n) is 11.0. The summed E-state index contributed by atoms with van der Waals surface area (Å²) in [5.74, 6) is 0.0606. The Morgan fingerprint density at radius 2 is 2.26 bits per heavy atom. The Kier molecular flexibility index (Phi) is 3.06. The lowest BCUT2D eigenvalue weighted by molar-refractivity contribution is -0.116. The second kappa shape index (κ2) is 4.74. The van der Waals surface area contributed by atoms with E-state index in [1.54, 1.807) is 0 Å². The summed E-state index contributed by atoms with van der Waals surface area (Å²) in [6, 6.07) is 4.20. The molecule has 0 bridgehead atoms. The topological polar surface area (TPSA) is 76.4 Å². The van der Waals surface area contributed by atoms with Gasteiger partial charge in [0.2, 0.25) is 5.91 Å². The standard InChI is InChI=1S/C14H19N3O2/c1-8-11(4-5-19-8)16-13-6-9-2-3-14(18)17-12(9)7-10(13)15/h6-8,11,16H,2-5,15H2,1H3,(H,17,18). The van der Waals surface area contributed by atoms with Crippen molar-refractivity contribution < 1.29 is 9.53 Å². The maximum atomic E-state index is 11.4. The number of hydrogen-bond acceptors (Lipinski definition) is 4. The van der Waals surface area contributed by atoms with Crippen molar-refractivity contribution in [3.05, 3.63) is 17.7 Å². The number of benzene rings is 1. The quantitative estimate of drug-likeness (QED) is 0.709. The Morgan fingerprint density at radius 1 is 1.42 bits per heavy atom. The van der Waals surface area contributed by atoms with Gasteiger partial charge in [-0.05, 0) is 37.5 Å². The molecule has 1 aromatic carbocycles. The van der Waals surface area contributed by atoms with Gasteiger partial charge in [-0.2, -0.15) is 0 Å². The molecule has 1 saturated heterocycles. The third kappa shape index (κ3) is 2.38. The fourth-order valence-corrected chi connectivity index (χ4v) is 2.69. The van der Waals surface area contributed by atoms with Gasteiger partial charge in [0, 0.05) is 18.7 Å². The number of carbonyl (C=O) groups excluding carboxylic acids is 1. The summed E-state index contributed by atoms with van der Waals surface area (Å²) < 4.78 is 5.54. The molecule has 3 rings (SSSR count). The van der Waals surface area contributed by atoms with Crippen molar-refractivity contribution in [2.75, 3.05) is 23.0 Å². The second-order valence-corrected chi connectivity index (χ2v) is 5.26. The molecule has 0 spiro atoms. The number of fused-ring (bicyclic) bond motifs is 1. The normalized spacial score (nSPS) is 25.8. The van der Waals surface area contributed by atoms with E-state index >= 15 is 0 Å². The van der Waals surface area contributed by atoms with Gasteiger partial charge < -0.3 is 21.1 Å². The summed E-state index contributed by atoms with van der Waals surface area (Å²) in [5.41, 5.74) is 9.65. The molecule has 1 amide bonds. The number of nitrogens with two attached hydrogens (primary N) is 1. The minimum absolute atomic E-state index is 0.0606. The summed E-state index contributed by atoms with van der Waals surface area (Å²) in [7, 11) is 0. The van der Waals surface area contributed by atoms with Crippen LogP contribution in [0.15, 0.2) is 12.1 Å². The van der Waals surface area contributed by atoms with Gasteiger partial charge in [-0.15, -0.1) is 0 Å². The molecule has 102 valence electrons. The summed E-state index contributed by atoms with van der Waals surface area (Å²) in [6.45, 7) is 2.86. The van der Waals surface area contributed by atoms with E-state index in [0.29, 0.717) is 18.2 Å². The SMILES string of the molecule is CC1OCCC1Nc1cc2c(cc1N)NC(=O)CC2. The lowest BCUT2D eigenvalue weighted by Crippen LogP contribution is -2.27. The van der Waals surface area contributed by atoms with E-state index in [2.05, 4.69) is 23.6 Å². The highest BCUT2D eigenvalue weighted by atomic mass is 16.5. The summed E-state index contributed by atoms with van der Waals surface area (Å²) in [4.78, 5) is 11.4. The zero-order chi connectivity index (χ0) is 13.4. The molecule has 4 N–H and O–H groups in total. The molecule has 19 heavy (non-hydrogen) atoms. The van der Waals surface area contributed by atoms with Crippen LogP contribution in [0.3, 0.4) is 0 Å². The number of ether oxygens (including phenoxy) is 1. The van der Waals surface area contributed by atoms with Crippen LogP contribution >= 0.6 is 0 Å². The molecule has 0 aromatic heterocycles. The highest BCUT2D eigenvalue weighted by Gasteiger charge is 2.25. The van der Waals surface area contributed by atoms with E-state index in [1.165, 1.54) is 0 Å². The fourth-order valence-electron chi connectivity index (χ4n) is 2.69. The van der Waals surface area contributed by atoms with Gasteiger partial charge in [0.25, 0.3) is 0 Å². The van der Waals surface area contributed by atoms with E-state index in [1.807, 2.05) is 6.07 Å². The van der Waals surface area contributed by atoms with Crippen molar-refractivity contribution in [2.24, 2.45) is 0 Å². The molecular formula is C14H19N3O2. The first kappa shape index (κ1) is 12.3. The van der Waals surface area contributed by atoms with Gasteiger partial charge in [0.05, 0.1) is 23.5 Å². The number of rotatable bonds is 2. The van der Waals surface area contributed by atoms with Crippen LogP contribution in [0.25, 0.3) is 0 Å². The molecule has 0 saturated carbocycles. The van der Waals surface area contributed by atoms with Crippen LogP contribution < -0.4 is 16.4 Å². The molecule has 2 unspecified atom stereocenters. The highest BCUT2D eigenvalue weighted by molar-refractivity contribution is 5.95. The van der Waals surface area contributed by atoms with Crippen LogP contribution in [0.5, 0.6) is 0 Å². The van der Waals surface area contributed by atoms with Gasteiger partial charge >= 0.3 is 0 Å². The number of nitrogens with one attached hydrogen (secondary N) is 2. The number of hydrogen-bond donors (Lipinski definition) is 3. The number of anilines is 3. The first-order valence-electron chi connectivity index (χ1n) is 6.74. The van der Waals surface area contributed by atoms with Gasteiger partial charge in [-0.1, -0.05) is 0 Å². The predicted octanol–water partition coefficient (Wildman–Crippen LogP) is 1.74. The van der Waals surface area contributed by atoms with Crippen molar-refractivity contribution in [3.63, 3.8) is 0 Å². The number of nitrogen functional groups attached to an aromatic ring is 1. The van der Waals surface area contributed by atoms with Crippen LogP contribution in [0.2, 0.25) is 0 Å². The molecule has 0 radical (unpaired) electrons. The maximum Gasteiger partial charge on any atom is 0.224 e. The molecule has 2 heterocycles. The Bertz CT molecular complexity index is 516. The summed E-state index contributed by atoms with van der Waals surface area (Å²) >= 11 is 0. The Labute approximate surface area is 112 Å². The average molecular weight is 261 g/mol. The summed E-state index contributed by atoms with van der Waals surface area (Å²) in [6.07, 6.45) is 2.51. The first-order chi connectivity index (χ1) is 9.13. The monoisotopic (exact) mass is 261 g/mol. The second-order valence-electron chi connectivity index (χ2n) is 5.26. The molecule has 1 aromatic rings. The first-order valence-corrected chi connectivity index (χ1v) is 6.74. The molecule has 2 aliphatic heterocycles. The van der Waals surface area contributed by atoms with Crippen LogP contribution in [0.4, 0.5) is 17.1 Å². The minimum Gasteiger partial charge on any atom is -0.397 e. The maximum absolute atomic E-state index is 11.4. The van der Waals surface area contributed by atoms with E-state index in [9.17, 15) is 4.79 Å². The third-order valence-corrected chi connectivity index (χ3v) is 3.89. The van der Waals surface area contributed by atoms with E-state index in [4.69, 9.17) is 10.5 Å². The Hall–Kier alpha value is -1.75. The van der Waals surface area contributed by atoms with Gasteiger partial charge in [0.1, 0.15) is 0 Å². The van der Waals surface area contributed by atoms with Gasteiger partial charge in [0.15, 0.2) is 0 Å². The van der Waals surface area contributed by atoms with Crippen LogP contribution in [-0.4, -0.2) is 24.7 Å². The Balaban J connectivity index is 1.84. The molecule has 5 heteroatoms. The van der Waals surface area contributed by atoms with Gasteiger partial charge in [-0.3, -0.25) is 4.79 Å². The largest absolute Gasteiger partial charge is 0.397 e. The molecule has 5 nitrogen and oxygen atoms in total. The Morgan fingerprint density at radius 3 is 3.00 bits per heavy atom. The lowest BCUT2D eigenvalue weighted by atomic mass is 10.0. The van der Waals surface area contributed by atoms with Gasteiger partial charge in [-0.25, -0.2) is 0 Å². The van der Waals surface area contributed by atoms with Crippen molar-refractivity contribution in [1.82, 2.24) is 0 Å². The van der Waals surface area contributed by atoms with Crippen LogP contribution in [0, 0.1) is 0 Å². The van der Waals surface area contributed by atoms with E-state index in [-0.39, 0.29) is 12.0 Å². The summed E-state index contributed by atoms with van der Waals surface area (Å²) in [5, 5.41) is 6.32. The predicted molar refractivity (Wildman–Crippen MR) is 75.2 cm³/mol. The van der Waals surface area contributed by atoms with Crippen molar-refractivity contribution in [3.8, 4) is 0 Å². The molecular weight excluding hydrogens is 242 g/mol. The van der Waals surface area contributed by atoms with E-state index in [0.717, 1.165) is 36.4 Å². The van der Waals surface area contributed by atoms with Crippen molar-refractivity contribution >= 4 is 23.0 Å². The van der Waals surface area contributed by atoms with E-state index < -0.39 is 0 Å². The van der Waals surface area contributed by atoms with Crippen LogP contribution in [-0.2, 0) is 16.0 Å². The lowest BCUT2D eigenvalue weighted by Gasteiger charge is -2.23. The fraction of sp³-hybridized carbons (Fsp3) is 0.500. The zero-order valence-corrected chi connectivity index (χ0v) is 11.0. The molecule has 0 aliphatic carbocycles.